The van der Waals surface area contributed by atoms with Gasteiger partial charge in [0.2, 0.25) is 0 Å². The van der Waals surface area contributed by atoms with Gasteiger partial charge in [0.05, 0.1) is 26.4 Å². The first-order valence-corrected chi connectivity index (χ1v) is 45.9. The van der Waals surface area contributed by atoms with Crippen molar-refractivity contribution in [2.45, 2.75) is 452 Å². The maximum atomic E-state index is 13.1. The third-order valence-electron chi connectivity index (χ3n) is 19.7. The van der Waals surface area contributed by atoms with Crippen molar-refractivity contribution < 1.29 is 80.2 Å². The summed E-state index contributed by atoms with van der Waals surface area (Å²) in [6.45, 7) is 12.0. The highest BCUT2D eigenvalue weighted by Crippen LogP contribution is 2.45. The SMILES string of the molecule is CCCCCCCCCCCCCCCC(=O)OC[C@H](COP(=O)(O)OC[C@H](O)COP(=O)(O)OC[C@@H](COC(=O)CCCCCCCCCCCCCC(C)C)OC(=O)CCCCCCCCCCCCCCCCCCCCC(C)C)OC(=O)CCCCCCCCCCCCC(C)CC. The first-order valence-electron chi connectivity index (χ1n) is 42.9. The Balaban J connectivity index is 5.25. The number of aliphatic hydroxyl groups is 1. The quantitative estimate of drug-likeness (QED) is 0.0222. The molecule has 0 heterocycles. The molecule has 102 heavy (non-hydrogen) atoms. The Morgan fingerprint density at radius 3 is 0.745 bits per heavy atom. The van der Waals surface area contributed by atoms with Crippen LogP contribution in [0, 0.1) is 17.8 Å². The molecular weight excluding hydrogens is 1330 g/mol. The van der Waals surface area contributed by atoms with Crippen LogP contribution in [0.5, 0.6) is 0 Å². The van der Waals surface area contributed by atoms with E-state index in [9.17, 15) is 43.2 Å². The van der Waals surface area contributed by atoms with Gasteiger partial charge in [-0.05, 0) is 43.4 Å². The van der Waals surface area contributed by atoms with Crippen molar-refractivity contribution in [3.63, 3.8) is 0 Å². The highest BCUT2D eigenvalue weighted by atomic mass is 31.2. The standard InChI is InChI=1S/C83H162O17P2/c1-8-10-11-12-13-14-15-22-28-36-43-50-57-64-80(85)93-71-79(100-83(88)67-60-53-46-39-32-31-35-42-49-56-63-76(7)9-2)73-98-102(91,92)96-69-77(84)68-95-101(89,90)97-72-78(70-94-81(86)65-58-51-44-37-30-25-27-34-41-48-55-62-75(5)6)99-82(87)66-59-52-45-38-29-24-21-19-17-16-18-20-23-26-33-40-47-54-61-74(3)4/h74-79,84H,8-73H2,1-7H3,(H,89,90)(H,91,92)/t76?,77-,78-,79-/m1/s1. The van der Waals surface area contributed by atoms with Gasteiger partial charge in [0.1, 0.15) is 19.3 Å². The second-order valence-electron chi connectivity index (χ2n) is 31.1. The van der Waals surface area contributed by atoms with Crippen LogP contribution in [0.1, 0.15) is 434 Å². The number of aliphatic hydroxyl groups excluding tert-OH is 1. The normalized spacial score (nSPS) is 14.2. The third kappa shape index (κ3) is 74.9. The Bertz CT molecular complexity index is 1980. The fraction of sp³-hybridized carbons (Fsp3) is 0.952. The zero-order valence-electron chi connectivity index (χ0n) is 67.1. The van der Waals surface area contributed by atoms with Crippen LogP contribution in [0.15, 0.2) is 0 Å². The summed E-state index contributed by atoms with van der Waals surface area (Å²) in [6.07, 6.45) is 62.3. The zero-order chi connectivity index (χ0) is 75.1. The highest BCUT2D eigenvalue weighted by Gasteiger charge is 2.30. The highest BCUT2D eigenvalue weighted by molar-refractivity contribution is 7.47. The second-order valence-corrected chi connectivity index (χ2v) is 34.0. The monoisotopic (exact) mass is 1490 g/mol. The summed E-state index contributed by atoms with van der Waals surface area (Å²) in [5.74, 6) is 0.287. The molecule has 0 spiro atoms. The van der Waals surface area contributed by atoms with Gasteiger partial charge in [-0.1, -0.05) is 382 Å². The molecular formula is C83H162O17P2. The summed E-state index contributed by atoms with van der Waals surface area (Å²) < 4.78 is 68.8. The molecule has 0 aliphatic heterocycles. The Kier molecular flexibility index (Phi) is 71.8. The van der Waals surface area contributed by atoms with Crippen LogP contribution in [0.25, 0.3) is 0 Å². The summed E-state index contributed by atoms with van der Waals surface area (Å²) in [5, 5.41) is 10.7. The number of ether oxygens (including phenoxy) is 4. The molecule has 0 fully saturated rings. The van der Waals surface area contributed by atoms with Gasteiger partial charge in [0.25, 0.3) is 0 Å². The van der Waals surface area contributed by atoms with Gasteiger partial charge in [-0.3, -0.25) is 37.3 Å². The molecule has 0 amide bonds. The van der Waals surface area contributed by atoms with E-state index in [1.54, 1.807) is 0 Å². The molecule has 0 aromatic carbocycles. The van der Waals surface area contributed by atoms with Crippen molar-refractivity contribution in [2.75, 3.05) is 39.6 Å². The van der Waals surface area contributed by atoms with Crippen LogP contribution in [0.4, 0.5) is 0 Å². The molecule has 0 rings (SSSR count). The van der Waals surface area contributed by atoms with Crippen LogP contribution >= 0.6 is 15.6 Å². The number of hydrogen-bond donors (Lipinski definition) is 3. The first kappa shape index (κ1) is 100. The van der Waals surface area contributed by atoms with Gasteiger partial charge in [0.15, 0.2) is 12.2 Å². The molecule has 0 aromatic rings. The zero-order valence-corrected chi connectivity index (χ0v) is 68.9. The van der Waals surface area contributed by atoms with E-state index in [0.29, 0.717) is 25.7 Å². The lowest BCUT2D eigenvalue weighted by Crippen LogP contribution is -2.30. The number of carbonyl (C=O) groups is 4. The smallest absolute Gasteiger partial charge is 0.462 e. The number of phosphoric ester groups is 2. The van der Waals surface area contributed by atoms with E-state index in [0.717, 1.165) is 108 Å². The van der Waals surface area contributed by atoms with E-state index in [-0.39, 0.29) is 25.7 Å². The molecule has 606 valence electrons. The van der Waals surface area contributed by atoms with E-state index in [1.165, 1.54) is 244 Å². The second kappa shape index (κ2) is 73.2. The molecule has 0 saturated carbocycles. The average Bonchev–Trinajstić information content (AvgIpc) is 0.950. The summed E-state index contributed by atoms with van der Waals surface area (Å²) in [7, 11) is -9.92. The molecule has 0 aromatic heterocycles. The predicted octanol–water partition coefficient (Wildman–Crippen LogP) is 24.9. The van der Waals surface area contributed by atoms with Crippen molar-refractivity contribution in [1.29, 1.82) is 0 Å². The summed E-state index contributed by atoms with van der Waals surface area (Å²) in [6, 6.07) is 0. The van der Waals surface area contributed by atoms with Crippen molar-refractivity contribution in [3.05, 3.63) is 0 Å². The maximum Gasteiger partial charge on any atom is 0.472 e. The Morgan fingerprint density at radius 2 is 0.500 bits per heavy atom. The van der Waals surface area contributed by atoms with Gasteiger partial charge in [-0.2, -0.15) is 0 Å². The summed E-state index contributed by atoms with van der Waals surface area (Å²) >= 11 is 0. The molecule has 3 N–H and O–H groups in total. The molecule has 17 nitrogen and oxygen atoms in total. The van der Waals surface area contributed by atoms with E-state index in [4.69, 9.17) is 37.0 Å². The molecule has 0 aliphatic carbocycles. The molecule has 6 atom stereocenters. The van der Waals surface area contributed by atoms with Crippen molar-refractivity contribution >= 4 is 39.5 Å². The topological polar surface area (TPSA) is 237 Å². The van der Waals surface area contributed by atoms with Crippen molar-refractivity contribution in [1.82, 2.24) is 0 Å². The van der Waals surface area contributed by atoms with E-state index in [1.807, 2.05) is 0 Å². The van der Waals surface area contributed by atoms with E-state index >= 15 is 0 Å². The van der Waals surface area contributed by atoms with Crippen molar-refractivity contribution in [2.24, 2.45) is 17.8 Å². The molecule has 0 bridgehead atoms. The van der Waals surface area contributed by atoms with Crippen LogP contribution in [0.2, 0.25) is 0 Å². The van der Waals surface area contributed by atoms with Gasteiger partial charge in [-0.25, -0.2) is 9.13 Å². The lowest BCUT2D eigenvalue weighted by Gasteiger charge is -2.21. The van der Waals surface area contributed by atoms with Crippen LogP contribution in [-0.2, 0) is 65.4 Å². The summed E-state index contributed by atoms with van der Waals surface area (Å²) in [5.41, 5.74) is 0. The van der Waals surface area contributed by atoms with Gasteiger partial charge < -0.3 is 33.8 Å². The largest absolute Gasteiger partial charge is 0.472 e. The van der Waals surface area contributed by atoms with Gasteiger partial charge in [-0.15, -0.1) is 0 Å². The lowest BCUT2D eigenvalue weighted by atomic mass is 9.99. The lowest BCUT2D eigenvalue weighted by molar-refractivity contribution is -0.161. The Morgan fingerprint density at radius 1 is 0.284 bits per heavy atom. The number of unbranched alkanes of at least 4 members (excludes halogenated alkanes) is 48. The van der Waals surface area contributed by atoms with Gasteiger partial charge >= 0.3 is 39.5 Å². The number of phosphoric acid groups is 2. The van der Waals surface area contributed by atoms with Gasteiger partial charge in [0, 0.05) is 25.7 Å². The van der Waals surface area contributed by atoms with Crippen LogP contribution in [-0.4, -0.2) is 96.7 Å². The number of carbonyl (C=O) groups excluding carboxylic acids is 4. The van der Waals surface area contributed by atoms with E-state index < -0.39 is 97.5 Å². The fourth-order valence-corrected chi connectivity index (χ4v) is 14.4. The van der Waals surface area contributed by atoms with Crippen LogP contribution < -0.4 is 0 Å². The number of rotatable bonds is 81. The molecule has 3 unspecified atom stereocenters. The predicted molar refractivity (Wildman–Crippen MR) is 418 cm³/mol. The minimum absolute atomic E-state index is 0.107. The molecule has 19 heteroatoms. The number of hydrogen-bond acceptors (Lipinski definition) is 15. The minimum atomic E-state index is -4.96. The minimum Gasteiger partial charge on any atom is -0.462 e. The molecule has 0 saturated heterocycles. The van der Waals surface area contributed by atoms with E-state index in [2.05, 4.69) is 48.5 Å². The molecule has 0 radical (unpaired) electrons. The Hall–Kier alpha value is -1.94. The molecule has 0 aliphatic rings. The third-order valence-corrected chi connectivity index (χ3v) is 21.6. The fourth-order valence-electron chi connectivity index (χ4n) is 12.8. The number of esters is 4. The van der Waals surface area contributed by atoms with Crippen molar-refractivity contribution in [3.8, 4) is 0 Å². The Labute approximate surface area is 626 Å². The van der Waals surface area contributed by atoms with Crippen LogP contribution in [0.3, 0.4) is 0 Å². The first-order chi connectivity index (χ1) is 49.3. The maximum absolute atomic E-state index is 13.1. The summed E-state index contributed by atoms with van der Waals surface area (Å²) in [4.78, 5) is 73.1. The average molecular weight is 1490 g/mol.